The maximum atomic E-state index is 13.5. The highest BCUT2D eigenvalue weighted by molar-refractivity contribution is 5.99. The maximum absolute atomic E-state index is 13.5. The number of ether oxygens (including phenoxy) is 1. The van der Waals surface area contributed by atoms with Crippen LogP contribution in [0.25, 0.3) is 11.0 Å². The highest BCUT2D eigenvalue weighted by Gasteiger charge is 2.42. The number of benzene rings is 2. The molecule has 1 amide bonds. The molecule has 0 N–H and O–H groups in total. The number of para-hydroxylation sites is 1. The Hall–Kier alpha value is -2.92. The topological polar surface area (TPSA) is 59.8 Å². The van der Waals surface area contributed by atoms with Crippen LogP contribution in [0.3, 0.4) is 0 Å². The molecule has 2 aromatic carbocycles. The second-order valence-corrected chi connectivity index (χ2v) is 9.72. The molecule has 168 valence electrons. The van der Waals surface area contributed by atoms with E-state index in [-0.39, 0.29) is 28.6 Å². The van der Waals surface area contributed by atoms with Crippen LogP contribution in [0.1, 0.15) is 74.3 Å². The van der Waals surface area contributed by atoms with E-state index < -0.39 is 6.04 Å². The van der Waals surface area contributed by atoms with Gasteiger partial charge in [-0.2, -0.15) is 0 Å². The van der Waals surface area contributed by atoms with Crippen molar-refractivity contribution in [2.45, 2.75) is 58.6 Å². The summed E-state index contributed by atoms with van der Waals surface area (Å²) in [5.41, 5.74) is 2.87. The van der Waals surface area contributed by atoms with Crippen molar-refractivity contribution in [2.24, 2.45) is 0 Å². The molecule has 32 heavy (non-hydrogen) atoms. The van der Waals surface area contributed by atoms with Crippen LogP contribution in [0, 0.1) is 0 Å². The summed E-state index contributed by atoms with van der Waals surface area (Å²) in [4.78, 5) is 28.6. The summed E-state index contributed by atoms with van der Waals surface area (Å²) in [6.07, 6.45) is 0.818. The van der Waals surface area contributed by atoms with Gasteiger partial charge in [0.05, 0.1) is 23.1 Å². The quantitative estimate of drug-likeness (QED) is 0.485. The van der Waals surface area contributed by atoms with Crippen LogP contribution in [0.2, 0.25) is 0 Å². The number of rotatable bonds is 6. The van der Waals surface area contributed by atoms with Gasteiger partial charge in [-0.15, -0.1) is 0 Å². The predicted molar refractivity (Wildman–Crippen MR) is 126 cm³/mol. The predicted octanol–water partition coefficient (Wildman–Crippen LogP) is 5.45. The zero-order valence-electron chi connectivity index (χ0n) is 19.5. The van der Waals surface area contributed by atoms with E-state index >= 15 is 0 Å². The molecule has 2 heterocycles. The Morgan fingerprint density at radius 1 is 1.03 bits per heavy atom. The molecule has 4 rings (SSSR count). The fourth-order valence-corrected chi connectivity index (χ4v) is 4.26. The van der Waals surface area contributed by atoms with Gasteiger partial charge in [-0.1, -0.05) is 57.2 Å². The zero-order chi connectivity index (χ0) is 23.0. The minimum Gasteiger partial charge on any atom is -0.450 e. The monoisotopic (exact) mass is 433 g/mol. The minimum absolute atomic E-state index is 0.0189. The van der Waals surface area contributed by atoms with Gasteiger partial charge in [0.1, 0.15) is 5.58 Å². The molecule has 1 aromatic heterocycles. The molecule has 0 saturated heterocycles. The van der Waals surface area contributed by atoms with Gasteiger partial charge in [0.2, 0.25) is 5.76 Å². The number of carbonyl (C=O) groups is 1. The normalized spacial score (nSPS) is 16.2. The van der Waals surface area contributed by atoms with Crippen molar-refractivity contribution in [1.29, 1.82) is 0 Å². The summed E-state index contributed by atoms with van der Waals surface area (Å²) in [7, 11) is 0. The molecule has 3 aromatic rings. The van der Waals surface area contributed by atoms with Crippen LogP contribution in [0.5, 0.6) is 0 Å². The van der Waals surface area contributed by atoms with E-state index in [4.69, 9.17) is 9.15 Å². The Morgan fingerprint density at radius 3 is 2.38 bits per heavy atom. The smallest absolute Gasteiger partial charge is 0.290 e. The van der Waals surface area contributed by atoms with Crippen LogP contribution in [-0.2, 0) is 10.2 Å². The third kappa shape index (κ3) is 4.09. The third-order valence-electron chi connectivity index (χ3n) is 5.96. The summed E-state index contributed by atoms with van der Waals surface area (Å²) < 4.78 is 11.7. The van der Waals surface area contributed by atoms with Gasteiger partial charge < -0.3 is 14.1 Å². The molecule has 0 unspecified atom stereocenters. The van der Waals surface area contributed by atoms with E-state index in [1.165, 1.54) is 5.56 Å². The molecule has 0 spiro atoms. The van der Waals surface area contributed by atoms with Crippen LogP contribution in [0.15, 0.2) is 57.7 Å². The summed E-state index contributed by atoms with van der Waals surface area (Å²) in [5, 5.41) is 0.500. The van der Waals surface area contributed by atoms with Crippen molar-refractivity contribution in [1.82, 2.24) is 4.90 Å². The standard InChI is InChI=1S/C27H31NO4/c1-17(2)31-16-8-15-28-23(18-11-13-19(14-12-18)27(3,4)5)22-24(29)20-9-6-7-10-21(20)32-25(22)26(28)30/h6-7,9-14,17,23H,8,15-16H2,1-5H3/t23-/m1/s1. The van der Waals surface area contributed by atoms with Gasteiger partial charge in [0, 0.05) is 13.2 Å². The van der Waals surface area contributed by atoms with Crippen molar-refractivity contribution in [3.63, 3.8) is 0 Å². The fourth-order valence-electron chi connectivity index (χ4n) is 4.26. The van der Waals surface area contributed by atoms with Crippen molar-refractivity contribution in [3.8, 4) is 0 Å². The summed E-state index contributed by atoms with van der Waals surface area (Å²) in [6, 6.07) is 14.9. The largest absolute Gasteiger partial charge is 0.450 e. The summed E-state index contributed by atoms with van der Waals surface area (Å²) >= 11 is 0. The molecule has 5 nitrogen and oxygen atoms in total. The molecular weight excluding hydrogens is 402 g/mol. The van der Waals surface area contributed by atoms with Crippen molar-refractivity contribution in [3.05, 3.63) is 81.2 Å². The molecular formula is C27H31NO4. The van der Waals surface area contributed by atoms with E-state index in [1.807, 2.05) is 32.0 Å². The fraction of sp³-hybridized carbons (Fsp3) is 0.407. The van der Waals surface area contributed by atoms with Crippen LogP contribution < -0.4 is 5.43 Å². The van der Waals surface area contributed by atoms with Crippen LogP contribution in [0.4, 0.5) is 0 Å². The molecule has 0 fully saturated rings. The molecule has 1 aliphatic heterocycles. The maximum Gasteiger partial charge on any atom is 0.290 e. The number of hydrogen-bond acceptors (Lipinski definition) is 4. The second kappa shape index (κ2) is 8.55. The Kier molecular flexibility index (Phi) is 5.95. The van der Waals surface area contributed by atoms with Gasteiger partial charge in [0.15, 0.2) is 5.43 Å². The van der Waals surface area contributed by atoms with Crippen molar-refractivity contribution in [2.75, 3.05) is 13.2 Å². The highest BCUT2D eigenvalue weighted by Crippen LogP contribution is 2.38. The molecule has 1 atom stereocenters. The summed E-state index contributed by atoms with van der Waals surface area (Å²) in [5.74, 6) is -0.0827. The number of nitrogens with zero attached hydrogens (tertiary/aromatic N) is 1. The Balaban J connectivity index is 1.79. The lowest BCUT2D eigenvalue weighted by Crippen LogP contribution is -2.31. The number of amides is 1. The highest BCUT2D eigenvalue weighted by atomic mass is 16.5. The van der Waals surface area contributed by atoms with Gasteiger partial charge in [-0.3, -0.25) is 9.59 Å². The number of fused-ring (bicyclic) bond motifs is 2. The lowest BCUT2D eigenvalue weighted by atomic mass is 9.86. The summed E-state index contributed by atoms with van der Waals surface area (Å²) in [6.45, 7) is 11.5. The first kappa shape index (κ1) is 22.3. The minimum atomic E-state index is -0.466. The van der Waals surface area contributed by atoms with Crippen molar-refractivity contribution < 1.29 is 13.9 Å². The third-order valence-corrected chi connectivity index (χ3v) is 5.96. The number of hydrogen-bond donors (Lipinski definition) is 0. The molecule has 5 heteroatoms. The molecule has 0 radical (unpaired) electrons. The lowest BCUT2D eigenvalue weighted by Gasteiger charge is -2.26. The molecule has 1 aliphatic rings. The first-order valence-corrected chi connectivity index (χ1v) is 11.3. The zero-order valence-corrected chi connectivity index (χ0v) is 19.5. The average Bonchev–Trinajstić information content (AvgIpc) is 3.03. The molecule has 0 saturated carbocycles. The SMILES string of the molecule is CC(C)OCCCN1C(=O)c2oc3ccccc3c(=O)c2[C@H]1c1ccc(C(C)(C)C)cc1. The first-order chi connectivity index (χ1) is 15.2. The van der Waals surface area contributed by atoms with E-state index in [0.717, 1.165) is 5.56 Å². The Bertz CT molecular complexity index is 1180. The molecule has 0 bridgehead atoms. The number of carbonyl (C=O) groups excluding carboxylic acids is 1. The van der Waals surface area contributed by atoms with Crippen molar-refractivity contribution >= 4 is 16.9 Å². The Morgan fingerprint density at radius 2 is 1.72 bits per heavy atom. The van der Waals surface area contributed by atoms with Crippen LogP contribution >= 0.6 is 0 Å². The van der Waals surface area contributed by atoms with Gasteiger partial charge in [-0.05, 0) is 48.9 Å². The van der Waals surface area contributed by atoms with Gasteiger partial charge >= 0.3 is 0 Å². The molecule has 0 aliphatic carbocycles. The average molecular weight is 434 g/mol. The van der Waals surface area contributed by atoms with E-state index in [9.17, 15) is 9.59 Å². The Labute approximate surface area is 189 Å². The lowest BCUT2D eigenvalue weighted by molar-refractivity contribution is 0.0593. The van der Waals surface area contributed by atoms with Gasteiger partial charge in [0.25, 0.3) is 5.91 Å². The van der Waals surface area contributed by atoms with E-state index in [1.54, 1.807) is 23.1 Å². The second-order valence-electron chi connectivity index (χ2n) is 9.72. The van der Waals surface area contributed by atoms with Crippen LogP contribution in [-0.4, -0.2) is 30.1 Å². The van der Waals surface area contributed by atoms with Gasteiger partial charge in [-0.25, -0.2) is 0 Å². The van der Waals surface area contributed by atoms with E-state index in [2.05, 4.69) is 32.9 Å². The first-order valence-electron chi connectivity index (χ1n) is 11.3. The van der Waals surface area contributed by atoms with E-state index in [0.29, 0.717) is 36.1 Å².